The van der Waals surface area contributed by atoms with Crippen LogP contribution in [0.15, 0.2) is 22.7 Å². The molecule has 0 spiro atoms. The Hall–Kier alpha value is -0.740. The Morgan fingerprint density at radius 1 is 1.42 bits per heavy atom. The molecular weight excluding hydrogens is 306 g/mol. The first-order valence-electron chi connectivity index (χ1n) is 6.82. The van der Waals surface area contributed by atoms with Crippen molar-refractivity contribution in [2.75, 3.05) is 19.0 Å². The second-order valence-electron chi connectivity index (χ2n) is 5.37. The van der Waals surface area contributed by atoms with E-state index in [9.17, 15) is 0 Å². The Labute approximate surface area is 123 Å². The number of anilines is 1. The van der Waals surface area contributed by atoms with Gasteiger partial charge in [0, 0.05) is 24.4 Å². The summed E-state index contributed by atoms with van der Waals surface area (Å²) >= 11 is 3.47. The van der Waals surface area contributed by atoms with Crippen LogP contribution in [0.25, 0.3) is 0 Å². The topological polar surface area (TPSA) is 30.5 Å². The molecule has 0 aliphatic carbocycles. The normalized spacial score (nSPS) is 23.4. The van der Waals surface area contributed by atoms with Gasteiger partial charge < -0.3 is 14.8 Å². The Bertz CT molecular complexity index is 423. The summed E-state index contributed by atoms with van der Waals surface area (Å²) in [6, 6.07) is 6.60. The van der Waals surface area contributed by atoms with Gasteiger partial charge in [-0.25, -0.2) is 0 Å². The van der Waals surface area contributed by atoms with Crippen molar-refractivity contribution in [2.45, 2.75) is 38.8 Å². The van der Waals surface area contributed by atoms with E-state index in [1.54, 1.807) is 7.11 Å². The molecule has 4 heteroatoms. The van der Waals surface area contributed by atoms with E-state index in [4.69, 9.17) is 9.47 Å². The smallest absolute Gasteiger partial charge is 0.135 e. The second-order valence-corrected chi connectivity index (χ2v) is 6.22. The van der Waals surface area contributed by atoms with Crippen LogP contribution in [-0.2, 0) is 4.74 Å². The molecule has 3 nitrogen and oxygen atoms in total. The number of hydrogen-bond donors (Lipinski definition) is 1. The highest BCUT2D eigenvalue weighted by Crippen LogP contribution is 2.29. The summed E-state index contributed by atoms with van der Waals surface area (Å²) in [6.07, 6.45) is 2.49. The van der Waals surface area contributed by atoms with Crippen LogP contribution in [0, 0.1) is 5.92 Å². The molecular formula is C15H22BrNO2. The van der Waals surface area contributed by atoms with E-state index >= 15 is 0 Å². The molecule has 0 saturated carbocycles. The number of ether oxygens (including phenoxy) is 2. The highest BCUT2D eigenvalue weighted by molar-refractivity contribution is 9.10. The van der Waals surface area contributed by atoms with Crippen molar-refractivity contribution in [1.82, 2.24) is 0 Å². The number of benzene rings is 1. The molecule has 1 saturated heterocycles. The SMILES string of the molecule is COc1cc(NC2CCOC(C(C)C)C2)ccc1Br. The van der Waals surface area contributed by atoms with E-state index in [0.717, 1.165) is 35.4 Å². The lowest BCUT2D eigenvalue weighted by Gasteiger charge is -2.33. The Kier molecular flexibility index (Phi) is 5.11. The van der Waals surface area contributed by atoms with Crippen molar-refractivity contribution in [2.24, 2.45) is 5.92 Å². The summed E-state index contributed by atoms with van der Waals surface area (Å²) in [5, 5.41) is 3.59. The maximum Gasteiger partial charge on any atom is 0.135 e. The minimum absolute atomic E-state index is 0.364. The Morgan fingerprint density at radius 2 is 2.21 bits per heavy atom. The van der Waals surface area contributed by atoms with Gasteiger partial charge >= 0.3 is 0 Å². The zero-order valence-electron chi connectivity index (χ0n) is 11.8. The van der Waals surface area contributed by atoms with Gasteiger partial charge in [0.25, 0.3) is 0 Å². The molecule has 1 aliphatic heterocycles. The molecule has 2 atom stereocenters. The van der Waals surface area contributed by atoms with Crippen molar-refractivity contribution in [3.63, 3.8) is 0 Å². The molecule has 106 valence electrons. The molecule has 2 rings (SSSR count). The quantitative estimate of drug-likeness (QED) is 0.904. The average molecular weight is 328 g/mol. The number of methoxy groups -OCH3 is 1. The molecule has 0 radical (unpaired) electrons. The minimum Gasteiger partial charge on any atom is -0.495 e. The minimum atomic E-state index is 0.364. The van der Waals surface area contributed by atoms with Crippen LogP contribution in [0.3, 0.4) is 0 Å². The standard InChI is InChI=1S/C15H22BrNO2/c1-10(2)14-8-12(6-7-19-14)17-11-4-5-13(16)15(9-11)18-3/h4-5,9-10,12,14,17H,6-8H2,1-3H3. The molecule has 0 aromatic heterocycles. The fraction of sp³-hybridized carbons (Fsp3) is 0.600. The lowest BCUT2D eigenvalue weighted by atomic mass is 9.95. The van der Waals surface area contributed by atoms with E-state index in [2.05, 4.69) is 41.2 Å². The molecule has 0 bridgehead atoms. The van der Waals surface area contributed by atoms with Gasteiger partial charge in [0.15, 0.2) is 0 Å². The molecule has 1 fully saturated rings. The van der Waals surface area contributed by atoms with Crippen LogP contribution in [0.5, 0.6) is 5.75 Å². The van der Waals surface area contributed by atoms with Gasteiger partial charge in [-0.15, -0.1) is 0 Å². The highest BCUT2D eigenvalue weighted by Gasteiger charge is 2.24. The molecule has 1 aromatic rings. The number of hydrogen-bond acceptors (Lipinski definition) is 3. The monoisotopic (exact) mass is 327 g/mol. The largest absolute Gasteiger partial charge is 0.495 e. The summed E-state index contributed by atoms with van der Waals surface area (Å²) in [5.41, 5.74) is 1.11. The van der Waals surface area contributed by atoms with Crippen molar-refractivity contribution in [3.8, 4) is 5.75 Å². The molecule has 1 heterocycles. The zero-order valence-corrected chi connectivity index (χ0v) is 13.4. The lowest BCUT2D eigenvalue weighted by molar-refractivity contribution is -0.0160. The van der Waals surface area contributed by atoms with Gasteiger partial charge in [-0.05, 0) is 46.8 Å². The van der Waals surface area contributed by atoms with Gasteiger partial charge in [0.1, 0.15) is 5.75 Å². The third-order valence-electron chi connectivity index (χ3n) is 3.58. The molecule has 0 amide bonds. The molecule has 1 N–H and O–H groups in total. The highest BCUT2D eigenvalue weighted by atomic mass is 79.9. The van der Waals surface area contributed by atoms with E-state index in [0.29, 0.717) is 18.1 Å². The second kappa shape index (κ2) is 6.62. The first-order chi connectivity index (χ1) is 9.10. The Morgan fingerprint density at radius 3 is 2.89 bits per heavy atom. The summed E-state index contributed by atoms with van der Waals surface area (Å²) in [5.74, 6) is 1.43. The Balaban J connectivity index is 2.00. The van der Waals surface area contributed by atoms with Crippen molar-refractivity contribution in [3.05, 3.63) is 22.7 Å². The third-order valence-corrected chi connectivity index (χ3v) is 4.24. The summed E-state index contributed by atoms with van der Waals surface area (Å²) in [4.78, 5) is 0. The summed E-state index contributed by atoms with van der Waals surface area (Å²) < 4.78 is 12.1. The molecule has 19 heavy (non-hydrogen) atoms. The fourth-order valence-corrected chi connectivity index (χ4v) is 2.82. The number of nitrogens with one attached hydrogen (secondary N) is 1. The van der Waals surface area contributed by atoms with E-state index in [1.807, 2.05) is 12.1 Å². The van der Waals surface area contributed by atoms with E-state index < -0.39 is 0 Å². The summed E-state index contributed by atoms with van der Waals surface area (Å²) in [7, 11) is 1.69. The predicted molar refractivity (Wildman–Crippen MR) is 81.9 cm³/mol. The number of rotatable bonds is 4. The maximum atomic E-state index is 5.80. The average Bonchev–Trinajstić information content (AvgIpc) is 2.41. The van der Waals surface area contributed by atoms with Gasteiger partial charge in [-0.3, -0.25) is 0 Å². The van der Waals surface area contributed by atoms with Crippen molar-refractivity contribution >= 4 is 21.6 Å². The first kappa shape index (κ1) is 14.7. The van der Waals surface area contributed by atoms with Gasteiger partial charge in [0.2, 0.25) is 0 Å². The maximum absolute atomic E-state index is 5.80. The number of halogens is 1. The van der Waals surface area contributed by atoms with Gasteiger partial charge in [0.05, 0.1) is 17.7 Å². The van der Waals surface area contributed by atoms with Crippen molar-refractivity contribution < 1.29 is 9.47 Å². The van der Waals surface area contributed by atoms with Crippen LogP contribution in [-0.4, -0.2) is 25.9 Å². The molecule has 2 unspecified atom stereocenters. The first-order valence-corrected chi connectivity index (χ1v) is 7.61. The van der Waals surface area contributed by atoms with Gasteiger partial charge in [-0.2, -0.15) is 0 Å². The van der Waals surface area contributed by atoms with E-state index in [-0.39, 0.29) is 0 Å². The van der Waals surface area contributed by atoms with E-state index in [1.165, 1.54) is 0 Å². The van der Waals surface area contributed by atoms with Gasteiger partial charge in [-0.1, -0.05) is 13.8 Å². The molecule has 1 aromatic carbocycles. The third kappa shape index (κ3) is 3.86. The van der Waals surface area contributed by atoms with Crippen LogP contribution >= 0.6 is 15.9 Å². The van der Waals surface area contributed by atoms with Crippen LogP contribution < -0.4 is 10.1 Å². The summed E-state index contributed by atoms with van der Waals surface area (Å²) in [6.45, 7) is 5.28. The van der Waals surface area contributed by atoms with Crippen LogP contribution in [0.1, 0.15) is 26.7 Å². The lowest BCUT2D eigenvalue weighted by Crippen LogP contribution is -2.36. The van der Waals surface area contributed by atoms with Crippen LogP contribution in [0.2, 0.25) is 0 Å². The fourth-order valence-electron chi connectivity index (χ4n) is 2.41. The predicted octanol–water partition coefficient (Wildman–Crippen LogP) is 4.07. The zero-order chi connectivity index (χ0) is 13.8. The van der Waals surface area contributed by atoms with Crippen LogP contribution in [0.4, 0.5) is 5.69 Å². The molecule has 1 aliphatic rings. The van der Waals surface area contributed by atoms with Crippen molar-refractivity contribution in [1.29, 1.82) is 0 Å².